The number of hydrogen-bond acceptors (Lipinski definition) is 6. The predicted octanol–water partition coefficient (Wildman–Crippen LogP) is 3.62. The van der Waals surface area contributed by atoms with Gasteiger partial charge in [-0.05, 0) is 43.9 Å². The standard InChI is InChI=1S/C22H25N5O2S/c1-2-12-27-22(29)18-9-5-4-8-17(18)20(25-27)21(28)24-23-15-16-10-11-19(30-16)26-13-6-3-7-14-26/h4-5,8-11,15H,2-3,6-7,12-14H2,1H3,(H,24,28)/b23-15-. The molecule has 0 aliphatic carbocycles. The van der Waals surface area contributed by atoms with Crippen molar-refractivity contribution in [2.75, 3.05) is 18.0 Å². The van der Waals surface area contributed by atoms with Crippen molar-refractivity contribution in [1.29, 1.82) is 0 Å². The number of anilines is 1. The van der Waals surface area contributed by atoms with Crippen molar-refractivity contribution in [3.05, 3.63) is 57.3 Å². The first kappa shape index (κ1) is 20.3. The highest BCUT2D eigenvalue weighted by molar-refractivity contribution is 7.17. The molecule has 0 saturated carbocycles. The van der Waals surface area contributed by atoms with Gasteiger partial charge in [0.05, 0.1) is 16.6 Å². The summed E-state index contributed by atoms with van der Waals surface area (Å²) in [5.74, 6) is -0.430. The van der Waals surface area contributed by atoms with Gasteiger partial charge < -0.3 is 4.90 Å². The number of carbonyl (C=O) groups is 1. The predicted molar refractivity (Wildman–Crippen MR) is 122 cm³/mol. The molecular formula is C22H25N5O2S. The molecule has 30 heavy (non-hydrogen) atoms. The summed E-state index contributed by atoms with van der Waals surface area (Å²) in [5, 5.41) is 10.7. The normalized spacial score (nSPS) is 14.5. The Morgan fingerprint density at radius 3 is 2.70 bits per heavy atom. The second-order valence-electron chi connectivity index (χ2n) is 7.35. The number of thiophene rings is 1. The lowest BCUT2D eigenvalue weighted by molar-refractivity contribution is 0.0949. The number of aromatic nitrogens is 2. The average molecular weight is 424 g/mol. The number of rotatable bonds is 6. The minimum absolute atomic E-state index is 0.184. The lowest BCUT2D eigenvalue weighted by atomic mass is 10.1. The number of hydrogen-bond donors (Lipinski definition) is 1. The minimum Gasteiger partial charge on any atom is -0.363 e. The number of amides is 1. The van der Waals surface area contributed by atoms with Crippen LogP contribution in [0.4, 0.5) is 5.00 Å². The van der Waals surface area contributed by atoms with E-state index in [0.717, 1.165) is 24.4 Å². The van der Waals surface area contributed by atoms with Crippen LogP contribution in [0.25, 0.3) is 10.8 Å². The van der Waals surface area contributed by atoms with Crippen molar-refractivity contribution in [3.63, 3.8) is 0 Å². The largest absolute Gasteiger partial charge is 0.363 e. The van der Waals surface area contributed by atoms with Gasteiger partial charge >= 0.3 is 0 Å². The van der Waals surface area contributed by atoms with Gasteiger partial charge in [-0.2, -0.15) is 10.2 Å². The van der Waals surface area contributed by atoms with Gasteiger partial charge in [-0.3, -0.25) is 9.59 Å². The third-order valence-electron chi connectivity index (χ3n) is 5.16. The highest BCUT2D eigenvalue weighted by Gasteiger charge is 2.16. The number of fused-ring (bicyclic) bond motifs is 1. The molecular weight excluding hydrogens is 398 g/mol. The fraction of sp³-hybridized carbons (Fsp3) is 0.364. The van der Waals surface area contributed by atoms with E-state index in [9.17, 15) is 9.59 Å². The Hall–Kier alpha value is -3.00. The quantitative estimate of drug-likeness (QED) is 0.485. The van der Waals surface area contributed by atoms with Gasteiger partial charge in [-0.15, -0.1) is 11.3 Å². The number of hydrazone groups is 1. The molecule has 1 N–H and O–H groups in total. The maximum atomic E-state index is 12.8. The zero-order chi connectivity index (χ0) is 20.9. The Kier molecular flexibility index (Phi) is 6.23. The molecule has 8 heteroatoms. The number of aryl methyl sites for hydroxylation is 1. The second-order valence-corrected chi connectivity index (χ2v) is 8.44. The van der Waals surface area contributed by atoms with Gasteiger partial charge in [0, 0.05) is 29.9 Å². The monoisotopic (exact) mass is 423 g/mol. The molecule has 1 aliphatic heterocycles. The van der Waals surface area contributed by atoms with E-state index < -0.39 is 5.91 Å². The first-order valence-electron chi connectivity index (χ1n) is 10.4. The lowest BCUT2D eigenvalue weighted by Gasteiger charge is -2.27. The number of piperidine rings is 1. The SMILES string of the molecule is CCCn1nc(C(=O)N/N=C\c2ccc(N3CCCCC3)s2)c2ccccc2c1=O. The molecule has 1 aromatic carbocycles. The molecule has 4 rings (SSSR count). The van der Waals surface area contributed by atoms with Crippen molar-refractivity contribution in [1.82, 2.24) is 15.2 Å². The van der Waals surface area contributed by atoms with Crippen LogP contribution < -0.4 is 15.9 Å². The minimum atomic E-state index is -0.430. The van der Waals surface area contributed by atoms with E-state index in [2.05, 4.69) is 26.6 Å². The summed E-state index contributed by atoms with van der Waals surface area (Å²) < 4.78 is 1.35. The van der Waals surface area contributed by atoms with Crippen LogP contribution in [0.5, 0.6) is 0 Å². The summed E-state index contributed by atoms with van der Waals surface area (Å²) in [4.78, 5) is 28.7. The lowest BCUT2D eigenvalue weighted by Crippen LogP contribution is -2.29. The van der Waals surface area contributed by atoms with E-state index in [1.54, 1.807) is 41.8 Å². The molecule has 3 aromatic rings. The highest BCUT2D eigenvalue weighted by atomic mass is 32.1. The van der Waals surface area contributed by atoms with E-state index in [-0.39, 0.29) is 11.3 Å². The Morgan fingerprint density at radius 2 is 1.93 bits per heavy atom. The topological polar surface area (TPSA) is 79.6 Å². The zero-order valence-corrected chi connectivity index (χ0v) is 17.8. The van der Waals surface area contributed by atoms with E-state index >= 15 is 0 Å². The Labute approximate surface area is 179 Å². The van der Waals surface area contributed by atoms with Gasteiger partial charge in [-0.25, -0.2) is 10.1 Å². The van der Waals surface area contributed by atoms with Crippen molar-refractivity contribution in [2.24, 2.45) is 5.10 Å². The summed E-state index contributed by atoms with van der Waals surface area (Å²) in [6, 6.07) is 11.2. The van der Waals surface area contributed by atoms with Crippen LogP contribution in [0.1, 0.15) is 48.0 Å². The van der Waals surface area contributed by atoms with Crippen molar-refractivity contribution in [2.45, 2.75) is 39.2 Å². The Morgan fingerprint density at radius 1 is 1.17 bits per heavy atom. The molecule has 156 valence electrons. The van der Waals surface area contributed by atoms with Gasteiger partial charge in [0.2, 0.25) is 0 Å². The van der Waals surface area contributed by atoms with Gasteiger partial charge in [-0.1, -0.05) is 25.1 Å². The van der Waals surface area contributed by atoms with Crippen LogP contribution in [0.2, 0.25) is 0 Å². The van der Waals surface area contributed by atoms with Crippen molar-refractivity contribution >= 4 is 39.2 Å². The van der Waals surface area contributed by atoms with E-state index in [4.69, 9.17) is 0 Å². The molecule has 1 fully saturated rings. The van der Waals surface area contributed by atoms with Crippen LogP contribution in [0.15, 0.2) is 46.3 Å². The third-order valence-corrected chi connectivity index (χ3v) is 6.24. The van der Waals surface area contributed by atoms with Crippen LogP contribution in [0, 0.1) is 0 Å². The smallest absolute Gasteiger partial charge is 0.292 e. The van der Waals surface area contributed by atoms with Crippen molar-refractivity contribution in [3.8, 4) is 0 Å². The second kappa shape index (κ2) is 9.21. The van der Waals surface area contributed by atoms with E-state index in [1.165, 1.54) is 28.9 Å². The van der Waals surface area contributed by atoms with Crippen LogP contribution >= 0.6 is 11.3 Å². The molecule has 3 heterocycles. The fourth-order valence-electron chi connectivity index (χ4n) is 3.67. The highest BCUT2D eigenvalue weighted by Crippen LogP contribution is 2.27. The van der Waals surface area contributed by atoms with Crippen molar-refractivity contribution < 1.29 is 4.79 Å². The summed E-state index contributed by atoms with van der Waals surface area (Å²) in [5.41, 5.74) is 2.58. The van der Waals surface area contributed by atoms with Crippen LogP contribution in [-0.4, -0.2) is 35.0 Å². The molecule has 0 spiro atoms. The molecule has 1 aliphatic rings. The number of nitrogens with one attached hydrogen (secondary N) is 1. The summed E-state index contributed by atoms with van der Waals surface area (Å²) in [6.07, 6.45) is 6.18. The molecule has 7 nitrogen and oxygen atoms in total. The van der Waals surface area contributed by atoms with Gasteiger partial charge in [0.1, 0.15) is 0 Å². The maximum Gasteiger partial charge on any atom is 0.292 e. The number of nitrogens with zero attached hydrogens (tertiary/aromatic N) is 4. The molecule has 0 bridgehead atoms. The Bertz CT molecular complexity index is 1130. The third kappa shape index (κ3) is 4.28. The first-order chi connectivity index (χ1) is 14.7. The first-order valence-corrected chi connectivity index (χ1v) is 11.2. The molecule has 0 radical (unpaired) electrons. The molecule has 0 unspecified atom stereocenters. The zero-order valence-electron chi connectivity index (χ0n) is 17.0. The molecule has 1 amide bonds. The van der Waals surface area contributed by atoms with Crippen LogP contribution in [0.3, 0.4) is 0 Å². The Balaban J connectivity index is 1.51. The van der Waals surface area contributed by atoms with E-state index in [0.29, 0.717) is 17.3 Å². The molecule has 2 aromatic heterocycles. The summed E-state index contributed by atoms with van der Waals surface area (Å²) in [7, 11) is 0. The number of carbonyl (C=O) groups excluding carboxylic acids is 1. The summed E-state index contributed by atoms with van der Waals surface area (Å²) in [6.45, 7) is 4.62. The average Bonchev–Trinajstić information content (AvgIpc) is 3.25. The number of benzene rings is 1. The van der Waals surface area contributed by atoms with Gasteiger partial charge in [0.25, 0.3) is 11.5 Å². The molecule has 1 saturated heterocycles. The maximum absolute atomic E-state index is 12.8. The van der Waals surface area contributed by atoms with Gasteiger partial charge in [0.15, 0.2) is 5.69 Å². The van der Waals surface area contributed by atoms with Crippen LogP contribution in [-0.2, 0) is 6.54 Å². The summed E-state index contributed by atoms with van der Waals surface area (Å²) >= 11 is 1.66. The fourth-order valence-corrected chi connectivity index (χ4v) is 4.60. The molecule has 0 atom stereocenters. The van der Waals surface area contributed by atoms with E-state index in [1.807, 2.05) is 13.0 Å².